The molecule has 0 atom stereocenters. The van der Waals surface area contributed by atoms with Crippen molar-refractivity contribution in [2.75, 3.05) is 0 Å². The number of fused-ring (bicyclic) bond motifs is 1. The molecule has 1 aliphatic rings. The summed E-state index contributed by atoms with van der Waals surface area (Å²) in [6.45, 7) is 4.06. The number of hydrogen-bond acceptors (Lipinski definition) is 2. The minimum Gasteiger partial charge on any atom is -0.453 e. The highest BCUT2D eigenvalue weighted by Gasteiger charge is 2.29. The van der Waals surface area contributed by atoms with Crippen molar-refractivity contribution in [3.63, 3.8) is 0 Å². The number of carbonyl (C=O) groups excluding carboxylic acids is 1. The van der Waals surface area contributed by atoms with E-state index in [9.17, 15) is 9.18 Å². The first-order chi connectivity index (χ1) is 10.1. The number of rotatable bonds is 3. The summed E-state index contributed by atoms with van der Waals surface area (Å²) in [6.07, 6.45) is 5.34. The van der Waals surface area contributed by atoms with Crippen LogP contribution in [0.15, 0.2) is 22.6 Å². The van der Waals surface area contributed by atoms with Crippen LogP contribution in [-0.4, -0.2) is 5.78 Å². The predicted octanol–water partition coefficient (Wildman–Crippen LogP) is 5.28. The van der Waals surface area contributed by atoms with Crippen molar-refractivity contribution in [2.45, 2.75) is 46.0 Å². The zero-order chi connectivity index (χ0) is 15.0. The number of hydrogen-bond donors (Lipinski definition) is 0. The molecule has 0 amide bonds. The van der Waals surface area contributed by atoms with Gasteiger partial charge in [-0.15, -0.1) is 0 Å². The number of halogens is 1. The van der Waals surface area contributed by atoms with Crippen molar-refractivity contribution < 1.29 is 13.6 Å². The second-order valence-corrected chi connectivity index (χ2v) is 6.19. The van der Waals surface area contributed by atoms with Crippen molar-refractivity contribution in [2.24, 2.45) is 11.8 Å². The van der Waals surface area contributed by atoms with Crippen LogP contribution in [0.2, 0.25) is 0 Å². The van der Waals surface area contributed by atoms with Crippen LogP contribution in [0.5, 0.6) is 0 Å². The Labute approximate surface area is 124 Å². The Bertz CT molecular complexity index is 663. The normalized spacial score (nSPS) is 22.6. The summed E-state index contributed by atoms with van der Waals surface area (Å²) in [5.74, 6) is 1.06. The molecule has 1 aromatic carbocycles. The van der Waals surface area contributed by atoms with Crippen molar-refractivity contribution >= 4 is 16.8 Å². The second kappa shape index (κ2) is 5.63. The van der Waals surface area contributed by atoms with Crippen LogP contribution in [0.4, 0.5) is 4.39 Å². The first-order valence-corrected chi connectivity index (χ1v) is 7.83. The molecule has 21 heavy (non-hydrogen) atoms. The van der Waals surface area contributed by atoms with Crippen molar-refractivity contribution in [1.29, 1.82) is 0 Å². The SMILES string of the molecule is CCC1CCC(C(=O)c2oc3ccc(F)cc3c2C)CC1. The lowest BCUT2D eigenvalue weighted by Gasteiger charge is -2.26. The van der Waals surface area contributed by atoms with Gasteiger partial charge in [-0.25, -0.2) is 4.39 Å². The van der Waals surface area contributed by atoms with Gasteiger partial charge in [0.1, 0.15) is 11.4 Å². The smallest absolute Gasteiger partial charge is 0.201 e. The van der Waals surface area contributed by atoms with Crippen molar-refractivity contribution in [3.8, 4) is 0 Å². The van der Waals surface area contributed by atoms with E-state index >= 15 is 0 Å². The van der Waals surface area contributed by atoms with Gasteiger partial charge in [-0.1, -0.05) is 13.3 Å². The second-order valence-electron chi connectivity index (χ2n) is 6.19. The summed E-state index contributed by atoms with van der Waals surface area (Å²) in [6, 6.07) is 4.41. The summed E-state index contributed by atoms with van der Waals surface area (Å²) >= 11 is 0. The maximum atomic E-state index is 13.3. The van der Waals surface area contributed by atoms with E-state index in [1.54, 1.807) is 6.07 Å². The highest BCUT2D eigenvalue weighted by atomic mass is 19.1. The zero-order valence-electron chi connectivity index (χ0n) is 12.6. The quantitative estimate of drug-likeness (QED) is 0.719. The van der Waals surface area contributed by atoms with Gasteiger partial charge in [0.2, 0.25) is 5.78 Å². The number of ketones is 1. The highest BCUT2D eigenvalue weighted by Crippen LogP contribution is 2.35. The van der Waals surface area contributed by atoms with Crippen molar-refractivity contribution in [1.82, 2.24) is 0 Å². The fourth-order valence-corrected chi connectivity index (χ4v) is 3.45. The van der Waals surface area contributed by atoms with Crippen LogP contribution < -0.4 is 0 Å². The van der Waals surface area contributed by atoms with Gasteiger partial charge < -0.3 is 4.42 Å². The molecule has 3 heteroatoms. The Balaban J connectivity index is 1.87. The van der Waals surface area contributed by atoms with Crippen molar-refractivity contribution in [3.05, 3.63) is 35.3 Å². The highest BCUT2D eigenvalue weighted by molar-refractivity contribution is 6.01. The molecule has 0 saturated heterocycles. The van der Waals surface area contributed by atoms with Gasteiger partial charge in [0.15, 0.2) is 5.76 Å². The monoisotopic (exact) mass is 288 g/mol. The topological polar surface area (TPSA) is 30.2 Å². The van der Waals surface area contributed by atoms with Crippen LogP contribution >= 0.6 is 0 Å². The van der Waals surface area contributed by atoms with Crippen LogP contribution in [-0.2, 0) is 0 Å². The molecule has 112 valence electrons. The van der Waals surface area contributed by atoms with Gasteiger partial charge in [0.05, 0.1) is 0 Å². The average molecular weight is 288 g/mol. The van der Waals surface area contributed by atoms with Gasteiger partial charge >= 0.3 is 0 Å². The third kappa shape index (κ3) is 2.61. The van der Waals surface area contributed by atoms with E-state index in [1.165, 1.54) is 18.6 Å². The summed E-state index contributed by atoms with van der Waals surface area (Å²) in [5.41, 5.74) is 1.37. The van der Waals surface area contributed by atoms with E-state index in [-0.39, 0.29) is 17.5 Å². The van der Waals surface area contributed by atoms with Gasteiger partial charge in [-0.3, -0.25) is 4.79 Å². The molecule has 2 aromatic rings. The number of Topliss-reactive ketones (excluding diaryl/α,β-unsaturated/α-hetero) is 1. The minimum absolute atomic E-state index is 0.0666. The third-order valence-electron chi connectivity index (χ3n) is 4.92. The maximum Gasteiger partial charge on any atom is 0.201 e. The molecule has 1 heterocycles. The van der Waals surface area contributed by atoms with Gasteiger partial charge in [0, 0.05) is 16.9 Å². The summed E-state index contributed by atoms with van der Waals surface area (Å²) < 4.78 is 19.0. The number of benzene rings is 1. The fraction of sp³-hybridized carbons (Fsp3) is 0.500. The van der Waals surface area contributed by atoms with E-state index < -0.39 is 0 Å². The molecule has 0 bridgehead atoms. The summed E-state index contributed by atoms with van der Waals surface area (Å²) in [7, 11) is 0. The Hall–Kier alpha value is -1.64. The van der Waals surface area contributed by atoms with Gasteiger partial charge in [-0.05, 0) is 56.7 Å². The number of carbonyl (C=O) groups is 1. The Kier molecular flexibility index (Phi) is 3.83. The minimum atomic E-state index is -0.297. The van der Waals surface area contributed by atoms with E-state index in [0.29, 0.717) is 16.7 Å². The van der Waals surface area contributed by atoms with Gasteiger partial charge in [0.25, 0.3) is 0 Å². The number of aryl methyl sites for hydroxylation is 1. The van der Waals surface area contributed by atoms with E-state index in [1.807, 2.05) is 6.92 Å². The molecule has 3 rings (SSSR count). The summed E-state index contributed by atoms with van der Waals surface area (Å²) in [5, 5.41) is 0.709. The first-order valence-electron chi connectivity index (χ1n) is 7.83. The molecular weight excluding hydrogens is 267 g/mol. The maximum absolute atomic E-state index is 13.3. The lowest BCUT2D eigenvalue weighted by Crippen LogP contribution is -2.21. The van der Waals surface area contributed by atoms with E-state index in [4.69, 9.17) is 4.42 Å². The molecule has 0 spiro atoms. The molecule has 0 unspecified atom stereocenters. The molecule has 2 nitrogen and oxygen atoms in total. The molecule has 1 aromatic heterocycles. The molecular formula is C18H21FO2. The zero-order valence-corrected chi connectivity index (χ0v) is 12.6. The molecule has 1 saturated carbocycles. The molecule has 1 aliphatic carbocycles. The Morgan fingerprint density at radius 2 is 2.00 bits per heavy atom. The van der Waals surface area contributed by atoms with Crippen LogP contribution in [0, 0.1) is 24.6 Å². The van der Waals surface area contributed by atoms with Crippen LogP contribution in [0.25, 0.3) is 11.0 Å². The third-order valence-corrected chi connectivity index (χ3v) is 4.92. The largest absolute Gasteiger partial charge is 0.453 e. The van der Waals surface area contributed by atoms with E-state index in [2.05, 4.69) is 6.92 Å². The van der Waals surface area contributed by atoms with Crippen LogP contribution in [0.3, 0.4) is 0 Å². The lowest BCUT2D eigenvalue weighted by atomic mass is 9.78. The van der Waals surface area contributed by atoms with Gasteiger partial charge in [-0.2, -0.15) is 0 Å². The molecule has 1 fully saturated rings. The predicted molar refractivity (Wildman–Crippen MR) is 81.0 cm³/mol. The molecule has 0 N–H and O–H groups in total. The number of furan rings is 1. The molecule has 0 aliphatic heterocycles. The van der Waals surface area contributed by atoms with E-state index in [0.717, 1.165) is 37.2 Å². The fourth-order valence-electron chi connectivity index (χ4n) is 3.45. The Morgan fingerprint density at radius 1 is 1.29 bits per heavy atom. The average Bonchev–Trinajstić information content (AvgIpc) is 2.83. The van der Waals surface area contributed by atoms with Crippen LogP contribution in [0.1, 0.15) is 55.1 Å². The lowest BCUT2D eigenvalue weighted by molar-refractivity contribution is 0.0843. The standard InChI is InChI=1S/C18H21FO2/c1-3-12-4-6-13(7-5-12)17(20)18-11(2)15-10-14(19)8-9-16(15)21-18/h8-10,12-13H,3-7H2,1-2H3. The molecule has 0 radical (unpaired) electrons. The first kappa shape index (κ1) is 14.3. The Morgan fingerprint density at radius 3 is 2.67 bits per heavy atom. The summed E-state index contributed by atoms with van der Waals surface area (Å²) in [4.78, 5) is 12.7.